The summed E-state index contributed by atoms with van der Waals surface area (Å²) in [5.41, 5.74) is -0.200. The Hall–Kier alpha value is -1.25. The lowest BCUT2D eigenvalue weighted by molar-refractivity contribution is -0.135. The summed E-state index contributed by atoms with van der Waals surface area (Å²) in [6.07, 6.45) is 2.31. The molecule has 1 aliphatic rings. The summed E-state index contributed by atoms with van der Waals surface area (Å²) in [5, 5.41) is 0. The molecule has 0 aliphatic carbocycles. The Balaban J connectivity index is 2.13. The van der Waals surface area contributed by atoms with E-state index < -0.39 is 0 Å². The number of likely N-dealkylation sites (tertiary alicyclic amines) is 1. The summed E-state index contributed by atoms with van der Waals surface area (Å²) >= 11 is 1.91. The monoisotopic (exact) mass is 375 g/mol. The van der Waals surface area contributed by atoms with E-state index in [0.29, 0.717) is 35.3 Å². The number of carbonyl (C=O) groups is 2. The van der Waals surface area contributed by atoms with Gasteiger partial charge in [-0.2, -0.15) is 0 Å². The first-order valence-corrected chi connectivity index (χ1v) is 7.08. The highest BCUT2D eigenvalue weighted by Gasteiger charge is 2.21. The highest BCUT2D eigenvalue weighted by atomic mass is 127. The lowest BCUT2D eigenvalue weighted by Crippen LogP contribution is -2.42. The second-order valence-corrected chi connectivity index (χ2v) is 5.63. The fourth-order valence-corrected chi connectivity index (χ4v) is 2.41. The lowest BCUT2D eigenvalue weighted by atomic mass is 10.1. The van der Waals surface area contributed by atoms with Crippen molar-refractivity contribution in [3.8, 4) is 0 Å². The van der Waals surface area contributed by atoms with Crippen LogP contribution in [-0.2, 0) is 16.1 Å². The quantitative estimate of drug-likeness (QED) is 0.700. The van der Waals surface area contributed by atoms with Crippen molar-refractivity contribution in [3.63, 3.8) is 0 Å². The van der Waals surface area contributed by atoms with Gasteiger partial charge in [0, 0.05) is 32.1 Å². The van der Waals surface area contributed by atoms with Gasteiger partial charge in [0.2, 0.25) is 5.91 Å². The molecule has 2 rings (SSSR count). The molecule has 2 heterocycles. The number of aromatic nitrogens is 2. The van der Waals surface area contributed by atoms with Crippen LogP contribution in [0.3, 0.4) is 0 Å². The largest absolute Gasteiger partial charge is 0.340 e. The number of aryl methyl sites for hydroxylation is 1. The van der Waals surface area contributed by atoms with Crippen molar-refractivity contribution < 1.29 is 9.59 Å². The van der Waals surface area contributed by atoms with Crippen LogP contribution in [0.2, 0.25) is 0 Å². The van der Waals surface area contributed by atoms with Gasteiger partial charge in [-0.15, -0.1) is 0 Å². The number of amides is 1. The molecular weight excluding hydrogens is 361 g/mol. The van der Waals surface area contributed by atoms with Crippen molar-refractivity contribution in [1.82, 2.24) is 14.5 Å². The number of rotatable bonds is 2. The molecule has 1 aromatic rings. The normalized spacial score (nSPS) is 15.7. The van der Waals surface area contributed by atoms with Gasteiger partial charge in [-0.25, -0.2) is 4.98 Å². The number of ketones is 1. The molecule has 0 unspecified atom stereocenters. The van der Waals surface area contributed by atoms with Crippen LogP contribution in [0.15, 0.2) is 11.0 Å². The molecule has 0 saturated carbocycles. The lowest BCUT2D eigenvalue weighted by Gasteiger charge is -2.26. The first-order chi connectivity index (χ1) is 8.99. The van der Waals surface area contributed by atoms with Gasteiger partial charge in [0.15, 0.2) is 0 Å². The van der Waals surface area contributed by atoms with Gasteiger partial charge in [0.05, 0.1) is 3.57 Å². The predicted octanol–water partition coefficient (Wildman–Crippen LogP) is 0.348. The van der Waals surface area contributed by atoms with E-state index in [1.165, 1.54) is 10.8 Å². The van der Waals surface area contributed by atoms with E-state index in [0.717, 1.165) is 0 Å². The van der Waals surface area contributed by atoms with Crippen LogP contribution in [0, 0.1) is 10.5 Å². The maximum atomic E-state index is 12.1. The minimum absolute atomic E-state index is 0.0112. The van der Waals surface area contributed by atoms with Crippen LogP contribution in [0.25, 0.3) is 0 Å². The van der Waals surface area contributed by atoms with Gasteiger partial charge >= 0.3 is 0 Å². The number of Topliss-reactive ketones (excluding diaryl/α,β-unsaturated/α-hetero) is 1. The molecule has 7 heteroatoms. The number of carbonyl (C=O) groups excluding carboxylic acids is 2. The molecule has 1 amide bonds. The molecule has 1 aliphatic heterocycles. The Morgan fingerprint density at radius 1 is 1.37 bits per heavy atom. The Morgan fingerprint density at radius 2 is 2.00 bits per heavy atom. The number of hydrogen-bond donors (Lipinski definition) is 0. The second-order valence-electron chi connectivity index (χ2n) is 4.46. The van der Waals surface area contributed by atoms with Gasteiger partial charge in [-0.3, -0.25) is 19.0 Å². The van der Waals surface area contributed by atoms with Gasteiger partial charge in [0.1, 0.15) is 18.2 Å². The van der Waals surface area contributed by atoms with Crippen LogP contribution in [0.5, 0.6) is 0 Å². The van der Waals surface area contributed by atoms with Gasteiger partial charge in [-0.1, -0.05) is 0 Å². The zero-order valence-corrected chi connectivity index (χ0v) is 12.7. The smallest absolute Gasteiger partial charge is 0.267 e. The zero-order chi connectivity index (χ0) is 14.0. The molecule has 0 spiro atoms. The van der Waals surface area contributed by atoms with Crippen LogP contribution in [-0.4, -0.2) is 39.2 Å². The van der Waals surface area contributed by atoms with Crippen molar-refractivity contribution in [3.05, 3.63) is 25.9 Å². The molecule has 1 aromatic heterocycles. The van der Waals surface area contributed by atoms with Gasteiger partial charge in [-0.05, 0) is 29.5 Å². The van der Waals surface area contributed by atoms with E-state index in [1.54, 1.807) is 11.8 Å². The topological polar surface area (TPSA) is 72.3 Å². The summed E-state index contributed by atoms with van der Waals surface area (Å²) in [4.78, 5) is 40.9. The van der Waals surface area contributed by atoms with E-state index in [1.807, 2.05) is 22.6 Å². The Kier molecular flexibility index (Phi) is 4.33. The van der Waals surface area contributed by atoms with E-state index in [-0.39, 0.29) is 23.8 Å². The number of hydrogen-bond acceptors (Lipinski definition) is 4. The number of nitrogens with zero attached hydrogens (tertiary/aromatic N) is 3. The summed E-state index contributed by atoms with van der Waals surface area (Å²) in [7, 11) is 0. The summed E-state index contributed by atoms with van der Waals surface area (Å²) in [6.45, 7) is 2.58. The average molecular weight is 375 g/mol. The summed E-state index contributed by atoms with van der Waals surface area (Å²) in [6, 6.07) is 0. The maximum absolute atomic E-state index is 12.1. The third-order valence-corrected chi connectivity index (χ3v) is 3.91. The van der Waals surface area contributed by atoms with Crippen molar-refractivity contribution in [2.45, 2.75) is 26.3 Å². The molecule has 0 N–H and O–H groups in total. The van der Waals surface area contributed by atoms with Crippen molar-refractivity contribution in [2.24, 2.45) is 0 Å². The third kappa shape index (κ3) is 3.20. The Labute approximate surface area is 124 Å². The number of halogens is 1. The van der Waals surface area contributed by atoms with Gasteiger partial charge < -0.3 is 4.90 Å². The average Bonchev–Trinajstić information content (AvgIpc) is 2.40. The van der Waals surface area contributed by atoms with Crippen LogP contribution in [0.4, 0.5) is 0 Å². The summed E-state index contributed by atoms with van der Waals surface area (Å²) in [5.74, 6) is 0.571. The fraction of sp³-hybridized carbons (Fsp3) is 0.500. The molecule has 1 fully saturated rings. The Bertz CT molecular complexity index is 572. The third-order valence-electron chi connectivity index (χ3n) is 3.17. The SMILES string of the molecule is Cc1ncc(I)c(=O)n1CC(=O)N1CCC(=O)CC1. The molecule has 0 aromatic carbocycles. The predicted molar refractivity (Wildman–Crippen MR) is 76.8 cm³/mol. The summed E-state index contributed by atoms with van der Waals surface area (Å²) < 4.78 is 1.87. The maximum Gasteiger partial charge on any atom is 0.267 e. The molecule has 102 valence electrons. The van der Waals surface area contributed by atoms with E-state index in [9.17, 15) is 14.4 Å². The molecule has 0 atom stereocenters. The van der Waals surface area contributed by atoms with Crippen LogP contribution < -0.4 is 5.56 Å². The standard InChI is InChI=1S/C12H14IN3O3/c1-8-14-6-10(13)12(19)16(8)7-11(18)15-4-2-9(17)3-5-15/h6H,2-5,7H2,1H3. The van der Waals surface area contributed by atoms with E-state index in [4.69, 9.17) is 0 Å². The van der Waals surface area contributed by atoms with Gasteiger partial charge in [0.25, 0.3) is 5.56 Å². The van der Waals surface area contributed by atoms with Crippen molar-refractivity contribution in [2.75, 3.05) is 13.1 Å². The second kappa shape index (κ2) is 5.81. The molecule has 0 bridgehead atoms. The van der Waals surface area contributed by atoms with Crippen LogP contribution >= 0.6 is 22.6 Å². The highest BCUT2D eigenvalue weighted by molar-refractivity contribution is 14.1. The number of piperidine rings is 1. The Morgan fingerprint density at radius 3 is 2.63 bits per heavy atom. The van der Waals surface area contributed by atoms with Crippen molar-refractivity contribution >= 4 is 34.3 Å². The molecule has 6 nitrogen and oxygen atoms in total. The fourth-order valence-electron chi connectivity index (χ4n) is 1.98. The van der Waals surface area contributed by atoms with E-state index in [2.05, 4.69) is 4.98 Å². The molecule has 19 heavy (non-hydrogen) atoms. The minimum atomic E-state index is -0.200. The first kappa shape index (κ1) is 14.2. The van der Waals surface area contributed by atoms with E-state index >= 15 is 0 Å². The highest BCUT2D eigenvalue weighted by Crippen LogP contribution is 2.07. The van der Waals surface area contributed by atoms with Crippen LogP contribution in [0.1, 0.15) is 18.7 Å². The molecule has 0 radical (unpaired) electrons. The molecular formula is C12H14IN3O3. The zero-order valence-electron chi connectivity index (χ0n) is 10.6. The first-order valence-electron chi connectivity index (χ1n) is 6.00. The van der Waals surface area contributed by atoms with Crippen molar-refractivity contribution in [1.29, 1.82) is 0 Å². The minimum Gasteiger partial charge on any atom is -0.340 e. The molecule has 1 saturated heterocycles.